The molecular weight excluding hydrogens is 232 g/mol. The first-order chi connectivity index (χ1) is 8.15. The smallest absolute Gasteiger partial charge is 0.241 e. The summed E-state index contributed by atoms with van der Waals surface area (Å²) in [4.78, 5) is 14.4. The molecule has 1 heterocycles. The molecule has 0 aromatic carbocycles. The third-order valence-corrected chi connectivity index (χ3v) is 5.71. The Morgan fingerprint density at radius 3 is 2.53 bits per heavy atom. The van der Waals surface area contributed by atoms with Gasteiger partial charge >= 0.3 is 0 Å². The van der Waals surface area contributed by atoms with Gasteiger partial charge in [0, 0.05) is 11.3 Å². The van der Waals surface area contributed by atoms with Crippen molar-refractivity contribution in [2.45, 2.75) is 62.9 Å². The minimum Gasteiger partial charge on any atom is -0.324 e. The second kappa shape index (κ2) is 5.19. The number of carbonyl (C=O) groups is 1. The lowest BCUT2D eigenvalue weighted by Crippen LogP contribution is -2.49. The maximum absolute atomic E-state index is 12.3. The van der Waals surface area contributed by atoms with Crippen LogP contribution < -0.4 is 5.32 Å². The molecule has 2 atom stereocenters. The zero-order valence-corrected chi connectivity index (χ0v) is 12.0. The molecule has 0 aromatic heterocycles. The van der Waals surface area contributed by atoms with E-state index in [1.807, 2.05) is 11.8 Å². The number of rotatable bonds is 5. The molecule has 1 aliphatic heterocycles. The Bertz CT molecular complexity index is 286. The first-order valence-corrected chi connectivity index (χ1v) is 8.00. The Labute approximate surface area is 109 Å². The van der Waals surface area contributed by atoms with Gasteiger partial charge < -0.3 is 4.90 Å². The van der Waals surface area contributed by atoms with E-state index in [0.717, 1.165) is 19.4 Å². The van der Waals surface area contributed by atoms with Gasteiger partial charge in [-0.05, 0) is 31.9 Å². The molecule has 2 unspecified atom stereocenters. The van der Waals surface area contributed by atoms with Gasteiger partial charge in [-0.15, -0.1) is 0 Å². The molecule has 1 amide bonds. The van der Waals surface area contributed by atoms with Gasteiger partial charge in [0.15, 0.2) is 0 Å². The van der Waals surface area contributed by atoms with Gasteiger partial charge in [-0.3, -0.25) is 10.1 Å². The van der Waals surface area contributed by atoms with Gasteiger partial charge in [-0.1, -0.05) is 20.3 Å². The van der Waals surface area contributed by atoms with Crippen molar-refractivity contribution in [3.8, 4) is 0 Å². The normalized spacial score (nSPS) is 31.7. The Morgan fingerprint density at radius 2 is 2.12 bits per heavy atom. The summed E-state index contributed by atoms with van der Waals surface area (Å²) in [6, 6.07) is 0.0546. The topological polar surface area (TPSA) is 32.3 Å². The minimum absolute atomic E-state index is 0.0546. The van der Waals surface area contributed by atoms with Crippen molar-refractivity contribution in [3.05, 3.63) is 0 Å². The van der Waals surface area contributed by atoms with Crippen LogP contribution >= 0.6 is 11.8 Å². The molecular formula is C13H24N2OS. The van der Waals surface area contributed by atoms with Gasteiger partial charge in [0.25, 0.3) is 0 Å². The van der Waals surface area contributed by atoms with Crippen molar-refractivity contribution in [2.75, 3.05) is 12.8 Å². The van der Waals surface area contributed by atoms with Crippen LogP contribution in [0.1, 0.15) is 46.0 Å². The highest BCUT2D eigenvalue weighted by Gasteiger charge is 2.44. The number of nitrogens with zero attached hydrogens (tertiary/aromatic N) is 1. The molecule has 0 aromatic rings. The number of hydrogen-bond donors (Lipinski definition) is 1. The van der Waals surface area contributed by atoms with Crippen LogP contribution in [0.5, 0.6) is 0 Å². The lowest BCUT2D eigenvalue weighted by molar-refractivity contribution is -0.130. The third-order valence-electron chi connectivity index (χ3n) is 4.30. The van der Waals surface area contributed by atoms with Crippen LogP contribution in [-0.4, -0.2) is 40.6 Å². The summed E-state index contributed by atoms with van der Waals surface area (Å²) in [7, 11) is 0. The molecule has 1 saturated carbocycles. The summed E-state index contributed by atoms with van der Waals surface area (Å²) in [6.07, 6.45) is 8.22. The van der Waals surface area contributed by atoms with E-state index >= 15 is 0 Å². The molecule has 0 radical (unpaired) electrons. The highest BCUT2D eigenvalue weighted by Crippen LogP contribution is 2.44. The quantitative estimate of drug-likeness (QED) is 0.818. The van der Waals surface area contributed by atoms with Crippen LogP contribution in [0.4, 0.5) is 0 Å². The van der Waals surface area contributed by atoms with Gasteiger partial charge in [0.2, 0.25) is 5.91 Å². The van der Waals surface area contributed by atoms with Crippen LogP contribution in [-0.2, 0) is 4.79 Å². The minimum atomic E-state index is 0.0546. The Hall–Kier alpha value is -0.220. The van der Waals surface area contributed by atoms with E-state index in [-0.39, 0.29) is 12.2 Å². The fourth-order valence-electron chi connectivity index (χ4n) is 2.87. The number of nitrogens with one attached hydrogen (secondary N) is 1. The molecule has 2 aliphatic rings. The highest BCUT2D eigenvalue weighted by molar-refractivity contribution is 8.00. The molecule has 3 nitrogen and oxygen atoms in total. The summed E-state index contributed by atoms with van der Waals surface area (Å²) in [5.41, 5.74) is 0. The molecule has 1 saturated heterocycles. The standard InChI is InChI=1S/C13H24N2OS/c1-4-10-12(16)15(11(5-2)14-10)9-13(17-3)7-6-8-13/h10-11,14H,4-9H2,1-3H3. The molecule has 2 rings (SSSR count). The first kappa shape index (κ1) is 13.2. The van der Waals surface area contributed by atoms with E-state index in [1.54, 1.807) is 0 Å². The third kappa shape index (κ3) is 2.34. The van der Waals surface area contributed by atoms with Crippen LogP contribution in [0.2, 0.25) is 0 Å². The maximum atomic E-state index is 12.3. The summed E-state index contributed by atoms with van der Waals surface area (Å²) in [5, 5.41) is 3.45. The first-order valence-electron chi connectivity index (χ1n) is 6.77. The van der Waals surface area contributed by atoms with E-state index in [9.17, 15) is 4.79 Å². The predicted octanol–water partition coefficient (Wildman–Crippen LogP) is 2.22. The fraction of sp³-hybridized carbons (Fsp3) is 0.923. The zero-order chi connectivity index (χ0) is 12.5. The van der Waals surface area contributed by atoms with Crippen molar-refractivity contribution in [3.63, 3.8) is 0 Å². The molecule has 0 spiro atoms. The van der Waals surface area contributed by atoms with E-state index in [2.05, 4.69) is 30.3 Å². The van der Waals surface area contributed by atoms with E-state index in [0.29, 0.717) is 10.7 Å². The van der Waals surface area contributed by atoms with Gasteiger partial charge in [0.1, 0.15) is 0 Å². The summed E-state index contributed by atoms with van der Waals surface area (Å²) >= 11 is 1.95. The molecule has 1 N–H and O–H groups in total. The van der Waals surface area contributed by atoms with E-state index in [1.165, 1.54) is 19.3 Å². The number of carbonyl (C=O) groups excluding carboxylic acids is 1. The Morgan fingerprint density at radius 1 is 1.41 bits per heavy atom. The molecule has 2 fully saturated rings. The SMILES string of the molecule is CCC1NC(CC)N(CC2(SC)CCC2)C1=O. The second-order valence-electron chi connectivity index (χ2n) is 5.26. The van der Waals surface area contributed by atoms with Crippen molar-refractivity contribution in [2.24, 2.45) is 0 Å². The monoisotopic (exact) mass is 256 g/mol. The second-order valence-corrected chi connectivity index (χ2v) is 6.53. The van der Waals surface area contributed by atoms with Crippen LogP contribution in [0.25, 0.3) is 0 Å². The van der Waals surface area contributed by atoms with Crippen molar-refractivity contribution in [1.29, 1.82) is 0 Å². The van der Waals surface area contributed by atoms with Crippen LogP contribution in [0.15, 0.2) is 0 Å². The van der Waals surface area contributed by atoms with Gasteiger partial charge in [0.05, 0.1) is 12.2 Å². The summed E-state index contributed by atoms with van der Waals surface area (Å²) in [6.45, 7) is 5.18. The fourth-order valence-corrected chi connectivity index (χ4v) is 3.84. The largest absolute Gasteiger partial charge is 0.324 e. The summed E-state index contributed by atoms with van der Waals surface area (Å²) in [5.74, 6) is 0.319. The van der Waals surface area contributed by atoms with Gasteiger partial charge in [-0.25, -0.2) is 0 Å². The van der Waals surface area contributed by atoms with Crippen molar-refractivity contribution in [1.82, 2.24) is 10.2 Å². The number of amides is 1. The highest BCUT2D eigenvalue weighted by atomic mass is 32.2. The molecule has 4 heteroatoms. The van der Waals surface area contributed by atoms with Crippen LogP contribution in [0, 0.1) is 0 Å². The Balaban J connectivity index is 2.05. The summed E-state index contributed by atoms with van der Waals surface area (Å²) < 4.78 is 0.355. The van der Waals surface area contributed by atoms with Crippen molar-refractivity contribution >= 4 is 17.7 Å². The van der Waals surface area contributed by atoms with E-state index < -0.39 is 0 Å². The Kier molecular flexibility index (Phi) is 4.03. The predicted molar refractivity (Wildman–Crippen MR) is 73.1 cm³/mol. The van der Waals surface area contributed by atoms with E-state index in [4.69, 9.17) is 0 Å². The average Bonchev–Trinajstić information content (AvgIpc) is 2.60. The maximum Gasteiger partial charge on any atom is 0.241 e. The number of thioether (sulfide) groups is 1. The molecule has 98 valence electrons. The molecule has 17 heavy (non-hydrogen) atoms. The molecule has 1 aliphatic carbocycles. The molecule has 0 bridgehead atoms. The van der Waals surface area contributed by atoms with Crippen LogP contribution in [0.3, 0.4) is 0 Å². The zero-order valence-electron chi connectivity index (χ0n) is 11.2. The average molecular weight is 256 g/mol. The van der Waals surface area contributed by atoms with Gasteiger partial charge in [-0.2, -0.15) is 11.8 Å². The lowest BCUT2D eigenvalue weighted by Gasteiger charge is -2.44. The van der Waals surface area contributed by atoms with Crippen molar-refractivity contribution < 1.29 is 4.79 Å². The number of hydrogen-bond acceptors (Lipinski definition) is 3. The lowest BCUT2D eigenvalue weighted by atomic mass is 9.83.